The quantitative estimate of drug-likeness (QED) is 0.779. The summed E-state index contributed by atoms with van der Waals surface area (Å²) in [7, 11) is 0. The van der Waals surface area contributed by atoms with Gasteiger partial charge in [-0.05, 0) is 25.2 Å². The van der Waals surface area contributed by atoms with Crippen molar-refractivity contribution in [1.29, 1.82) is 0 Å². The normalized spacial score (nSPS) is 36.0. The van der Waals surface area contributed by atoms with Crippen LogP contribution in [0, 0.1) is 17.8 Å². The number of carboxylic acids is 1. The minimum absolute atomic E-state index is 0.0742. The molecule has 1 amide bonds. The molecule has 0 aromatic carbocycles. The molecule has 5 heteroatoms. The lowest BCUT2D eigenvalue weighted by Crippen LogP contribution is -2.38. The molecule has 102 valence electrons. The van der Waals surface area contributed by atoms with Gasteiger partial charge in [-0.3, -0.25) is 9.59 Å². The Labute approximate surface area is 107 Å². The summed E-state index contributed by atoms with van der Waals surface area (Å²) in [5.74, 6) is -1.52. The number of carbonyl (C=O) groups is 2. The number of hydrogen-bond donors (Lipinski definition) is 2. The average Bonchev–Trinajstić information content (AvgIpc) is 2.93. The lowest BCUT2D eigenvalue weighted by Gasteiger charge is -2.22. The van der Waals surface area contributed by atoms with Gasteiger partial charge < -0.3 is 15.1 Å². The molecule has 0 radical (unpaired) electrons. The summed E-state index contributed by atoms with van der Waals surface area (Å²) >= 11 is 0. The predicted octanol–water partition coefficient (Wildman–Crippen LogP) is 0.717. The monoisotopic (exact) mass is 255 g/mol. The van der Waals surface area contributed by atoms with Crippen molar-refractivity contribution in [2.45, 2.75) is 38.7 Å². The van der Waals surface area contributed by atoms with E-state index in [-0.39, 0.29) is 5.91 Å². The molecule has 1 aliphatic heterocycles. The molecule has 1 saturated heterocycles. The van der Waals surface area contributed by atoms with Crippen molar-refractivity contribution in [1.82, 2.24) is 4.90 Å². The predicted molar refractivity (Wildman–Crippen MR) is 64.8 cm³/mol. The fourth-order valence-electron chi connectivity index (χ4n) is 3.20. The van der Waals surface area contributed by atoms with Crippen LogP contribution in [0.2, 0.25) is 0 Å². The summed E-state index contributed by atoms with van der Waals surface area (Å²) in [6.07, 6.45) is 2.38. The van der Waals surface area contributed by atoms with Crippen LogP contribution in [0.1, 0.15) is 32.6 Å². The van der Waals surface area contributed by atoms with Gasteiger partial charge in [0, 0.05) is 13.1 Å². The molecule has 0 bridgehead atoms. The topological polar surface area (TPSA) is 77.8 Å². The van der Waals surface area contributed by atoms with Crippen LogP contribution in [0.25, 0.3) is 0 Å². The molecule has 0 aromatic heterocycles. The van der Waals surface area contributed by atoms with Crippen LogP contribution in [0.15, 0.2) is 0 Å². The van der Waals surface area contributed by atoms with E-state index in [9.17, 15) is 19.8 Å². The maximum absolute atomic E-state index is 12.3. The summed E-state index contributed by atoms with van der Waals surface area (Å²) in [5, 5.41) is 18.7. The van der Waals surface area contributed by atoms with Gasteiger partial charge in [0.1, 0.15) is 0 Å². The number of aliphatic carboxylic acids is 1. The first-order valence-corrected chi connectivity index (χ1v) is 6.72. The van der Waals surface area contributed by atoms with Crippen molar-refractivity contribution >= 4 is 11.9 Å². The molecule has 2 N–H and O–H groups in total. The largest absolute Gasteiger partial charge is 0.481 e. The van der Waals surface area contributed by atoms with Gasteiger partial charge in [0.15, 0.2) is 0 Å². The molecule has 1 aliphatic carbocycles. The van der Waals surface area contributed by atoms with Crippen molar-refractivity contribution < 1.29 is 19.8 Å². The summed E-state index contributed by atoms with van der Waals surface area (Å²) < 4.78 is 0. The fourth-order valence-corrected chi connectivity index (χ4v) is 3.20. The SMILES string of the molecule is CCC1CC(C(=O)O)C(C(=O)N2CC[C@H](O)C2)C1. The number of rotatable bonds is 3. The van der Waals surface area contributed by atoms with Crippen LogP contribution in [0.3, 0.4) is 0 Å². The molecular formula is C13H21NO4. The van der Waals surface area contributed by atoms with Gasteiger partial charge in [-0.2, -0.15) is 0 Å². The summed E-state index contributed by atoms with van der Waals surface area (Å²) in [4.78, 5) is 25.2. The number of aliphatic hydroxyl groups is 1. The van der Waals surface area contributed by atoms with Gasteiger partial charge in [-0.1, -0.05) is 13.3 Å². The molecular weight excluding hydrogens is 234 g/mol. The highest BCUT2D eigenvalue weighted by Gasteiger charge is 2.44. The van der Waals surface area contributed by atoms with E-state index >= 15 is 0 Å². The van der Waals surface area contributed by atoms with Crippen LogP contribution in [0.4, 0.5) is 0 Å². The third-order valence-electron chi connectivity index (χ3n) is 4.35. The molecule has 4 atom stereocenters. The smallest absolute Gasteiger partial charge is 0.307 e. The Morgan fingerprint density at radius 3 is 2.44 bits per heavy atom. The fraction of sp³-hybridized carbons (Fsp3) is 0.846. The van der Waals surface area contributed by atoms with Gasteiger partial charge >= 0.3 is 5.97 Å². The number of β-amino-alcohol motifs (C(OH)–C–C–N with tert-alkyl or cyclic N) is 1. The zero-order valence-corrected chi connectivity index (χ0v) is 10.7. The Morgan fingerprint density at radius 1 is 1.28 bits per heavy atom. The Bertz CT molecular complexity index is 344. The lowest BCUT2D eigenvalue weighted by atomic mass is 9.95. The van der Waals surface area contributed by atoms with E-state index in [4.69, 9.17) is 0 Å². The van der Waals surface area contributed by atoms with E-state index in [1.807, 2.05) is 6.92 Å². The highest BCUT2D eigenvalue weighted by molar-refractivity contribution is 5.85. The summed E-state index contributed by atoms with van der Waals surface area (Å²) in [5.41, 5.74) is 0. The Kier molecular flexibility index (Phi) is 3.90. The molecule has 3 unspecified atom stereocenters. The van der Waals surface area contributed by atoms with Crippen molar-refractivity contribution in [3.8, 4) is 0 Å². The zero-order chi connectivity index (χ0) is 13.3. The molecule has 0 spiro atoms. The molecule has 1 saturated carbocycles. The second-order valence-electron chi connectivity index (χ2n) is 5.52. The van der Waals surface area contributed by atoms with Gasteiger partial charge in [0.05, 0.1) is 17.9 Å². The number of nitrogens with zero attached hydrogens (tertiary/aromatic N) is 1. The molecule has 18 heavy (non-hydrogen) atoms. The Balaban J connectivity index is 2.05. The minimum atomic E-state index is -0.857. The number of hydrogen-bond acceptors (Lipinski definition) is 3. The minimum Gasteiger partial charge on any atom is -0.481 e. The Morgan fingerprint density at radius 2 is 1.94 bits per heavy atom. The van der Waals surface area contributed by atoms with Crippen LogP contribution >= 0.6 is 0 Å². The maximum Gasteiger partial charge on any atom is 0.307 e. The van der Waals surface area contributed by atoms with Crippen LogP contribution in [-0.4, -0.2) is 46.2 Å². The van der Waals surface area contributed by atoms with E-state index in [0.29, 0.717) is 38.3 Å². The maximum atomic E-state index is 12.3. The molecule has 5 nitrogen and oxygen atoms in total. The number of aliphatic hydroxyl groups excluding tert-OH is 1. The lowest BCUT2D eigenvalue weighted by molar-refractivity contribution is -0.148. The number of amides is 1. The van der Waals surface area contributed by atoms with Crippen molar-refractivity contribution in [2.75, 3.05) is 13.1 Å². The zero-order valence-electron chi connectivity index (χ0n) is 10.7. The van der Waals surface area contributed by atoms with Crippen LogP contribution in [-0.2, 0) is 9.59 Å². The van der Waals surface area contributed by atoms with Crippen molar-refractivity contribution in [2.24, 2.45) is 17.8 Å². The number of carboxylic acid groups (broad SMARTS) is 1. The summed E-state index contributed by atoms with van der Waals surface area (Å²) in [6, 6.07) is 0. The van der Waals surface area contributed by atoms with Crippen molar-refractivity contribution in [3.63, 3.8) is 0 Å². The average molecular weight is 255 g/mol. The van der Waals surface area contributed by atoms with E-state index in [1.165, 1.54) is 0 Å². The molecule has 1 heterocycles. The summed E-state index contributed by atoms with van der Waals surface area (Å²) in [6.45, 7) is 2.95. The van der Waals surface area contributed by atoms with Gasteiger partial charge in [0.25, 0.3) is 0 Å². The first-order chi connectivity index (χ1) is 8.52. The first kappa shape index (κ1) is 13.3. The van der Waals surface area contributed by atoms with Crippen LogP contribution < -0.4 is 0 Å². The molecule has 2 rings (SSSR count). The van der Waals surface area contributed by atoms with Gasteiger partial charge in [0.2, 0.25) is 5.91 Å². The second kappa shape index (κ2) is 5.26. The van der Waals surface area contributed by atoms with Crippen LogP contribution in [0.5, 0.6) is 0 Å². The third-order valence-corrected chi connectivity index (χ3v) is 4.35. The molecule has 2 fully saturated rings. The molecule has 2 aliphatic rings. The van der Waals surface area contributed by atoms with Gasteiger partial charge in [-0.25, -0.2) is 0 Å². The van der Waals surface area contributed by atoms with E-state index in [2.05, 4.69) is 0 Å². The van der Waals surface area contributed by atoms with E-state index in [1.54, 1.807) is 4.90 Å². The third kappa shape index (κ3) is 2.51. The highest BCUT2D eigenvalue weighted by atomic mass is 16.4. The first-order valence-electron chi connectivity index (χ1n) is 6.72. The van der Waals surface area contributed by atoms with Gasteiger partial charge in [-0.15, -0.1) is 0 Å². The van der Waals surface area contributed by atoms with E-state index in [0.717, 1.165) is 6.42 Å². The standard InChI is InChI=1S/C13H21NO4/c1-2-8-5-10(11(6-8)13(17)18)12(16)14-4-3-9(15)7-14/h8-11,15H,2-7H2,1H3,(H,17,18)/t8?,9-,10?,11?/m0/s1. The number of carbonyl (C=O) groups excluding carboxylic acids is 1. The highest BCUT2D eigenvalue weighted by Crippen LogP contribution is 2.39. The van der Waals surface area contributed by atoms with E-state index < -0.39 is 23.9 Å². The molecule has 0 aromatic rings. The number of likely N-dealkylation sites (tertiary alicyclic amines) is 1. The second-order valence-corrected chi connectivity index (χ2v) is 5.52. The van der Waals surface area contributed by atoms with Crippen molar-refractivity contribution in [3.05, 3.63) is 0 Å². The Hall–Kier alpha value is -1.10.